The predicted octanol–water partition coefficient (Wildman–Crippen LogP) is 4.34. The van der Waals surface area contributed by atoms with E-state index in [1.54, 1.807) is 36.1 Å². The number of carboxylic acids is 1. The Morgan fingerprint density at radius 2 is 1.79 bits per heavy atom. The van der Waals surface area contributed by atoms with Gasteiger partial charge in [-0.25, -0.2) is 0 Å². The number of primary amides is 1. The zero-order valence-electron chi connectivity index (χ0n) is 22.9. The molecule has 11 heteroatoms. The number of fused-ring (bicyclic) bond motifs is 1. The summed E-state index contributed by atoms with van der Waals surface area (Å²) in [6.07, 6.45) is 0.323. The Hall–Kier alpha value is -3.60. The van der Waals surface area contributed by atoms with Gasteiger partial charge in [0.05, 0.1) is 32.4 Å². The van der Waals surface area contributed by atoms with E-state index in [1.165, 1.54) is 7.11 Å². The number of rotatable bonds is 12. The highest BCUT2D eigenvalue weighted by atomic mass is 79.9. The average molecular weight is 607 g/mol. The summed E-state index contributed by atoms with van der Waals surface area (Å²) < 4.78 is 17.0. The zero-order chi connectivity index (χ0) is 28.2. The van der Waals surface area contributed by atoms with Crippen LogP contribution in [0.25, 0.3) is 0 Å². The number of nitrogens with zero attached hydrogens (tertiary/aromatic N) is 1. The number of carboxylic acid groups (broad SMARTS) is 1. The van der Waals surface area contributed by atoms with Gasteiger partial charge in [0.1, 0.15) is 11.6 Å². The third-order valence-electron chi connectivity index (χ3n) is 6.22. The lowest BCUT2D eigenvalue weighted by Gasteiger charge is -2.26. The second-order valence-corrected chi connectivity index (χ2v) is 10.1. The molecule has 0 saturated heterocycles. The van der Waals surface area contributed by atoms with E-state index in [0.29, 0.717) is 47.9 Å². The van der Waals surface area contributed by atoms with Crippen LogP contribution in [0.15, 0.2) is 24.3 Å². The van der Waals surface area contributed by atoms with Gasteiger partial charge in [0.2, 0.25) is 0 Å². The number of Topliss-reactive ketones (excluding diaryl/α,β-unsaturated/α-hetero) is 1. The molecule has 4 N–H and O–H groups in total. The summed E-state index contributed by atoms with van der Waals surface area (Å²) in [5, 5.41) is 17.5. The molecule has 0 aromatic heterocycles. The van der Waals surface area contributed by atoms with Gasteiger partial charge in [0, 0.05) is 29.7 Å². The molecule has 3 rings (SSSR count). The van der Waals surface area contributed by atoms with Gasteiger partial charge in [-0.2, -0.15) is 0 Å². The van der Waals surface area contributed by atoms with Crippen molar-refractivity contribution in [1.29, 1.82) is 5.41 Å². The summed E-state index contributed by atoms with van der Waals surface area (Å²) in [7, 11) is 1.49. The van der Waals surface area contributed by atoms with Crippen molar-refractivity contribution in [2.45, 2.75) is 52.5 Å². The Morgan fingerprint density at radius 3 is 2.36 bits per heavy atom. The van der Waals surface area contributed by atoms with Gasteiger partial charge in [-0.05, 0) is 48.6 Å². The number of nitrogens with two attached hydrogens (primary N) is 1. The number of methoxy groups -OCH3 is 1. The number of halogens is 1. The number of ether oxygens (including phenoxy) is 3. The van der Waals surface area contributed by atoms with E-state index < -0.39 is 17.3 Å². The molecule has 1 aliphatic heterocycles. The molecule has 1 amide bonds. The van der Waals surface area contributed by atoms with Crippen LogP contribution in [0.5, 0.6) is 17.2 Å². The fourth-order valence-electron chi connectivity index (χ4n) is 4.31. The van der Waals surface area contributed by atoms with Crippen LogP contribution < -0.4 is 19.9 Å². The molecule has 1 aliphatic rings. The summed E-state index contributed by atoms with van der Waals surface area (Å²) in [4.78, 5) is 37.8. The lowest BCUT2D eigenvalue weighted by Crippen LogP contribution is -2.30. The van der Waals surface area contributed by atoms with Gasteiger partial charge in [-0.1, -0.05) is 20.8 Å². The molecule has 2 aromatic rings. The van der Waals surface area contributed by atoms with E-state index in [-0.39, 0.29) is 53.7 Å². The lowest BCUT2D eigenvalue weighted by atomic mass is 9.84. The minimum Gasteiger partial charge on any atom is -0.493 e. The van der Waals surface area contributed by atoms with Crippen molar-refractivity contribution in [2.75, 3.05) is 26.9 Å². The van der Waals surface area contributed by atoms with Crippen LogP contribution in [-0.4, -0.2) is 60.4 Å². The Labute approximate surface area is 238 Å². The standard InChI is InChI=1S/C28H35N3O7.BrH/c1-6-37-22-12-17-14-31(26(29)18(17)13-19(22)27(30)35)15-21(32)16-10-20(28(2,3)4)25(23(11-16)36-5)38-9-7-8-24(33)34;/h10-13,29H,6-9,14-15H2,1-5H3,(H2,30,35)(H,33,34);1H. The first-order valence-corrected chi connectivity index (χ1v) is 12.4. The number of carbonyl (C=O) groups excluding carboxylic acids is 2. The normalized spacial score (nSPS) is 12.4. The molecule has 39 heavy (non-hydrogen) atoms. The van der Waals surface area contributed by atoms with Gasteiger partial charge in [-0.3, -0.25) is 19.8 Å². The number of ketones is 1. The van der Waals surface area contributed by atoms with Crippen LogP contribution in [-0.2, 0) is 16.8 Å². The fraction of sp³-hybridized carbons (Fsp3) is 0.429. The molecular weight excluding hydrogens is 570 g/mol. The van der Waals surface area contributed by atoms with Gasteiger partial charge in [0.15, 0.2) is 17.3 Å². The summed E-state index contributed by atoms with van der Waals surface area (Å²) in [6.45, 7) is 8.56. The highest BCUT2D eigenvalue weighted by molar-refractivity contribution is 8.93. The minimum atomic E-state index is -0.896. The van der Waals surface area contributed by atoms with E-state index in [2.05, 4.69) is 0 Å². The van der Waals surface area contributed by atoms with Crippen molar-refractivity contribution in [3.63, 3.8) is 0 Å². The first-order valence-electron chi connectivity index (χ1n) is 12.4. The van der Waals surface area contributed by atoms with E-state index in [1.807, 2.05) is 20.8 Å². The van der Waals surface area contributed by atoms with Gasteiger partial charge >= 0.3 is 5.97 Å². The van der Waals surface area contributed by atoms with Crippen LogP contribution in [0.1, 0.15) is 77.9 Å². The topological polar surface area (TPSA) is 152 Å². The second-order valence-electron chi connectivity index (χ2n) is 10.1. The highest BCUT2D eigenvalue weighted by Gasteiger charge is 2.30. The van der Waals surface area contributed by atoms with Crippen LogP contribution >= 0.6 is 17.0 Å². The van der Waals surface area contributed by atoms with E-state index in [4.69, 9.17) is 30.5 Å². The summed E-state index contributed by atoms with van der Waals surface area (Å²) in [6, 6.07) is 6.62. The van der Waals surface area contributed by atoms with Gasteiger partial charge in [-0.15, -0.1) is 17.0 Å². The lowest BCUT2D eigenvalue weighted by molar-refractivity contribution is -0.137. The number of nitrogens with one attached hydrogen (secondary N) is 1. The van der Waals surface area contributed by atoms with Crippen LogP contribution in [0, 0.1) is 5.41 Å². The van der Waals surface area contributed by atoms with E-state index >= 15 is 0 Å². The molecule has 212 valence electrons. The quantitative estimate of drug-likeness (QED) is 0.239. The molecule has 0 radical (unpaired) electrons. The Kier molecular flexibility index (Phi) is 10.5. The van der Waals surface area contributed by atoms with Crippen LogP contribution in [0.4, 0.5) is 0 Å². The summed E-state index contributed by atoms with van der Waals surface area (Å²) in [5.74, 6) is -0.422. The maximum atomic E-state index is 13.4. The molecule has 0 spiro atoms. The summed E-state index contributed by atoms with van der Waals surface area (Å²) >= 11 is 0. The van der Waals surface area contributed by atoms with E-state index in [9.17, 15) is 14.4 Å². The Bertz CT molecular complexity index is 1270. The predicted molar refractivity (Wildman–Crippen MR) is 152 cm³/mol. The average Bonchev–Trinajstić information content (AvgIpc) is 3.14. The molecule has 1 heterocycles. The maximum absolute atomic E-state index is 13.4. The number of carbonyl (C=O) groups is 3. The first kappa shape index (κ1) is 31.6. The number of hydrogen-bond acceptors (Lipinski definition) is 7. The molecule has 0 fully saturated rings. The number of aliphatic carboxylic acids is 1. The maximum Gasteiger partial charge on any atom is 0.303 e. The molecule has 2 aromatic carbocycles. The van der Waals surface area contributed by atoms with Crippen LogP contribution in [0.2, 0.25) is 0 Å². The Morgan fingerprint density at radius 1 is 1.10 bits per heavy atom. The largest absolute Gasteiger partial charge is 0.493 e. The number of hydrogen-bond donors (Lipinski definition) is 3. The highest BCUT2D eigenvalue weighted by Crippen LogP contribution is 2.40. The smallest absolute Gasteiger partial charge is 0.303 e. The molecule has 0 unspecified atom stereocenters. The van der Waals surface area contributed by atoms with Gasteiger partial charge < -0.3 is 30.0 Å². The van der Waals surface area contributed by atoms with Crippen molar-refractivity contribution in [1.82, 2.24) is 4.90 Å². The molecular formula is C28H36BrN3O7. The molecule has 0 saturated carbocycles. The van der Waals surface area contributed by atoms with E-state index in [0.717, 1.165) is 11.1 Å². The number of amidine groups is 1. The fourth-order valence-corrected chi connectivity index (χ4v) is 4.31. The molecule has 0 bridgehead atoms. The first-order chi connectivity index (χ1) is 17.9. The van der Waals surface area contributed by atoms with Gasteiger partial charge in [0.25, 0.3) is 5.91 Å². The number of benzene rings is 2. The van der Waals surface area contributed by atoms with Crippen molar-refractivity contribution in [3.05, 3.63) is 52.1 Å². The minimum absolute atomic E-state index is 0. The van der Waals surface area contributed by atoms with Crippen LogP contribution in [0.3, 0.4) is 0 Å². The Balaban J connectivity index is 0.00000533. The summed E-state index contributed by atoms with van der Waals surface area (Å²) in [5.41, 5.74) is 7.77. The second kappa shape index (κ2) is 13.0. The number of amides is 1. The van der Waals surface area contributed by atoms with Crippen molar-refractivity contribution >= 4 is 40.5 Å². The third-order valence-corrected chi connectivity index (χ3v) is 6.22. The zero-order valence-corrected chi connectivity index (χ0v) is 24.6. The van der Waals surface area contributed by atoms with Crippen molar-refractivity contribution < 1.29 is 33.7 Å². The van der Waals surface area contributed by atoms with Crippen molar-refractivity contribution in [3.8, 4) is 17.2 Å². The third kappa shape index (κ3) is 7.29. The monoisotopic (exact) mass is 605 g/mol. The van der Waals surface area contributed by atoms with Crippen molar-refractivity contribution in [2.24, 2.45) is 5.73 Å². The molecule has 0 atom stereocenters. The molecule has 0 aliphatic carbocycles. The SMILES string of the molecule is Br.CCOc1cc2c(cc1C(N)=O)C(=N)N(CC(=O)c1cc(OC)c(OCCCC(=O)O)c(C(C)(C)C)c1)C2. The molecule has 10 nitrogen and oxygen atoms in total.